The standard InChI is InChI=1S/C22H23NO4/c1-4-15-11-22(25)27-20-12-16(9-10-18(15)20)26-13-21(24)23-19-8-6-5-7-17(19)14(2)3/h5-12,14H,4,13H2,1-3H3,(H,23,24). The molecule has 0 spiro atoms. The number of carbonyl (C=O) groups is 1. The lowest BCUT2D eigenvalue weighted by Gasteiger charge is -2.14. The average molecular weight is 365 g/mol. The Morgan fingerprint density at radius 3 is 2.67 bits per heavy atom. The van der Waals surface area contributed by atoms with Gasteiger partial charge in [0.1, 0.15) is 11.3 Å². The van der Waals surface area contributed by atoms with E-state index in [1.807, 2.05) is 37.3 Å². The molecule has 0 radical (unpaired) electrons. The Bertz CT molecular complexity index is 1020. The van der Waals surface area contributed by atoms with Crippen molar-refractivity contribution in [2.45, 2.75) is 33.1 Å². The third-order valence-corrected chi connectivity index (χ3v) is 4.41. The maximum Gasteiger partial charge on any atom is 0.336 e. The molecule has 0 fully saturated rings. The largest absolute Gasteiger partial charge is 0.484 e. The minimum atomic E-state index is -0.389. The van der Waals surface area contributed by atoms with Crippen molar-refractivity contribution in [1.29, 1.82) is 0 Å². The molecule has 1 N–H and O–H groups in total. The third kappa shape index (κ3) is 4.37. The summed E-state index contributed by atoms with van der Waals surface area (Å²) in [6, 6.07) is 14.5. The van der Waals surface area contributed by atoms with Crippen LogP contribution in [0.25, 0.3) is 11.0 Å². The van der Waals surface area contributed by atoms with Gasteiger partial charge in [0, 0.05) is 23.2 Å². The minimum Gasteiger partial charge on any atom is -0.484 e. The number of amides is 1. The van der Waals surface area contributed by atoms with Crippen LogP contribution in [0.5, 0.6) is 5.75 Å². The van der Waals surface area contributed by atoms with Gasteiger partial charge in [-0.1, -0.05) is 39.0 Å². The number of nitrogens with one attached hydrogen (secondary N) is 1. The molecule has 3 aromatic rings. The van der Waals surface area contributed by atoms with Crippen LogP contribution in [0, 0.1) is 0 Å². The van der Waals surface area contributed by atoms with Gasteiger partial charge in [0.25, 0.3) is 5.91 Å². The Balaban J connectivity index is 1.71. The van der Waals surface area contributed by atoms with Gasteiger partial charge in [-0.2, -0.15) is 0 Å². The normalized spacial score (nSPS) is 11.0. The van der Waals surface area contributed by atoms with E-state index in [4.69, 9.17) is 9.15 Å². The number of fused-ring (bicyclic) bond motifs is 1. The summed E-state index contributed by atoms with van der Waals surface area (Å²) in [6.07, 6.45) is 0.736. The molecular weight excluding hydrogens is 342 g/mol. The Morgan fingerprint density at radius 2 is 1.93 bits per heavy atom. The lowest BCUT2D eigenvalue weighted by Crippen LogP contribution is -2.21. The summed E-state index contributed by atoms with van der Waals surface area (Å²) < 4.78 is 10.8. The van der Waals surface area contributed by atoms with Crippen LogP contribution in [-0.4, -0.2) is 12.5 Å². The van der Waals surface area contributed by atoms with E-state index in [0.717, 1.165) is 28.6 Å². The van der Waals surface area contributed by atoms with Crippen LogP contribution < -0.4 is 15.7 Å². The molecule has 2 aromatic carbocycles. The van der Waals surface area contributed by atoms with E-state index < -0.39 is 0 Å². The van der Waals surface area contributed by atoms with E-state index in [1.165, 1.54) is 6.07 Å². The Morgan fingerprint density at radius 1 is 1.15 bits per heavy atom. The Labute approximate surface area is 158 Å². The van der Waals surface area contributed by atoms with Gasteiger partial charge >= 0.3 is 5.63 Å². The molecule has 5 nitrogen and oxygen atoms in total. The van der Waals surface area contributed by atoms with Crippen molar-refractivity contribution < 1.29 is 13.9 Å². The summed E-state index contributed by atoms with van der Waals surface area (Å²) in [5.74, 6) is 0.539. The monoisotopic (exact) mass is 365 g/mol. The third-order valence-electron chi connectivity index (χ3n) is 4.41. The number of aryl methyl sites for hydroxylation is 1. The first-order chi connectivity index (χ1) is 13.0. The molecule has 0 unspecified atom stereocenters. The molecule has 1 aromatic heterocycles. The fraction of sp³-hybridized carbons (Fsp3) is 0.273. The predicted octanol–water partition coefficient (Wildman–Crippen LogP) is 4.50. The van der Waals surface area contributed by atoms with Crippen LogP contribution in [0.3, 0.4) is 0 Å². The van der Waals surface area contributed by atoms with Crippen LogP contribution in [0.1, 0.15) is 37.8 Å². The van der Waals surface area contributed by atoms with Crippen molar-refractivity contribution in [2.24, 2.45) is 0 Å². The molecule has 0 aliphatic rings. The SMILES string of the molecule is CCc1cc(=O)oc2cc(OCC(=O)Nc3ccccc3C(C)C)ccc12. The fourth-order valence-corrected chi connectivity index (χ4v) is 3.04. The highest BCUT2D eigenvalue weighted by atomic mass is 16.5. The van der Waals surface area contributed by atoms with Gasteiger partial charge in [-0.3, -0.25) is 4.79 Å². The zero-order valence-electron chi connectivity index (χ0n) is 15.7. The van der Waals surface area contributed by atoms with Gasteiger partial charge in [-0.05, 0) is 41.7 Å². The fourth-order valence-electron chi connectivity index (χ4n) is 3.04. The second kappa shape index (κ2) is 8.08. The summed E-state index contributed by atoms with van der Waals surface area (Å²) in [6.45, 7) is 6.01. The van der Waals surface area contributed by atoms with E-state index in [-0.39, 0.29) is 18.1 Å². The maximum atomic E-state index is 12.3. The number of hydrogen-bond donors (Lipinski definition) is 1. The van der Waals surface area contributed by atoms with E-state index in [1.54, 1.807) is 12.1 Å². The van der Waals surface area contributed by atoms with Crippen molar-refractivity contribution in [3.63, 3.8) is 0 Å². The van der Waals surface area contributed by atoms with Gasteiger partial charge in [0.15, 0.2) is 6.61 Å². The molecule has 5 heteroatoms. The van der Waals surface area contributed by atoms with Gasteiger partial charge in [-0.15, -0.1) is 0 Å². The summed E-state index contributed by atoms with van der Waals surface area (Å²) in [5.41, 5.74) is 2.86. The van der Waals surface area contributed by atoms with Crippen molar-refractivity contribution in [1.82, 2.24) is 0 Å². The molecule has 140 valence electrons. The first kappa shape index (κ1) is 18.7. The highest BCUT2D eigenvalue weighted by Crippen LogP contribution is 2.25. The number of rotatable bonds is 6. The molecule has 1 heterocycles. The van der Waals surface area contributed by atoms with Crippen LogP contribution in [-0.2, 0) is 11.2 Å². The Kier molecular flexibility index (Phi) is 5.60. The minimum absolute atomic E-state index is 0.129. The lowest BCUT2D eigenvalue weighted by atomic mass is 10.0. The van der Waals surface area contributed by atoms with Crippen LogP contribution in [0.2, 0.25) is 0 Å². The average Bonchev–Trinajstić information content (AvgIpc) is 2.65. The van der Waals surface area contributed by atoms with E-state index >= 15 is 0 Å². The number of hydrogen-bond acceptors (Lipinski definition) is 4. The lowest BCUT2D eigenvalue weighted by molar-refractivity contribution is -0.118. The summed E-state index contributed by atoms with van der Waals surface area (Å²) in [5, 5.41) is 3.76. The van der Waals surface area contributed by atoms with Crippen molar-refractivity contribution in [3.8, 4) is 5.75 Å². The van der Waals surface area contributed by atoms with Gasteiger partial charge in [-0.25, -0.2) is 4.79 Å². The van der Waals surface area contributed by atoms with Crippen molar-refractivity contribution >= 4 is 22.6 Å². The molecule has 0 atom stereocenters. The van der Waals surface area contributed by atoms with E-state index in [9.17, 15) is 9.59 Å². The summed E-state index contributed by atoms with van der Waals surface area (Å²) in [7, 11) is 0. The van der Waals surface area contributed by atoms with Crippen molar-refractivity contribution in [3.05, 3.63) is 70.1 Å². The first-order valence-corrected chi connectivity index (χ1v) is 9.06. The van der Waals surface area contributed by atoms with Crippen LogP contribution in [0.4, 0.5) is 5.69 Å². The topological polar surface area (TPSA) is 68.5 Å². The second-order valence-corrected chi connectivity index (χ2v) is 6.68. The number of para-hydroxylation sites is 1. The summed E-state index contributed by atoms with van der Waals surface area (Å²) >= 11 is 0. The zero-order valence-corrected chi connectivity index (χ0v) is 15.7. The first-order valence-electron chi connectivity index (χ1n) is 9.06. The number of ether oxygens (including phenoxy) is 1. The molecule has 27 heavy (non-hydrogen) atoms. The molecule has 0 aliphatic heterocycles. The molecule has 0 bridgehead atoms. The van der Waals surface area contributed by atoms with E-state index in [0.29, 0.717) is 17.3 Å². The number of anilines is 1. The smallest absolute Gasteiger partial charge is 0.336 e. The molecule has 0 aliphatic carbocycles. The second-order valence-electron chi connectivity index (χ2n) is 6.68. The zero-order chi connectivity index (χ0) is 19.4. The number of benzene rings is 2. The Hall–Kier alpha value is -3.08. The highest BCUT2D eigenvalue weighted by Gasteiger charge is 2.11. The van der Waals surface area contributed by atoms with Gasteiger partial charge in [0.05, 0.1) is 0 Å². The molecule has 0 saturated heterocycles. The predicted molar refractivity (Wildman–Crippen MR) is 107 cm³/mol. The molecule has 0 saturated carbocycles. The molecular formula is C22H23NO4. The molecule has 3 rings (SSSR count). The summed E-state index contributed by atoms with van der Waals surface area (Å²) in [4.78, 5) is 23.9. The molecule has 1 amide bonds. The van der Waals surface area contributed by atoms with Gasteiger partial charge < -0.3 is 14.5 Å². The van der Waals surface area contributed by atoms with E-state index in [2.05, 4.69) is 19.2 Å². The maximum absolute atomic E-state index is 12.3. The number of carbonyl (C=O) groups excluding carboxylic acids is 1. The van der Waals surface area contributed by atoms with Crippen molar-refractivity contribution in [2.75, 3.05) is 11.9 Å². The van der Waals surface area contributed by atoms with Crippen LogP contribution in [0.15, 0.2) is 57.7 Å². The van der Waals surface area contributed by atoms with Gasteiger partial charge in [0.2, 0.25) is 0 Å². The van der Waals surface area contributed by atoms with Crippen LogP contribution >= 0.6 is 0 Å². The highest BCUT2D eigenvalue weighted by molar-refractivity contribution is 5.92. The quantitative estimate of drug-likeness (QED) is 0.653.